The molecule has 1 atom stereocenters. The molecule has 2 heterocycles. The molecule has 2 aromatic heterocycles. The highest BCUT2D eigenvalue weighted by Crippen LogP contribution is 2.13. The van der Waals surface area contributed by atoms with Gasteiger partial charge in [0.15, 0.2) is 0 Å². The van der Waals surface area contributed by atoms with E-state index in [1.54, 1.807) is 55.6 Å². The number of aromatic nitrogens is 3. The van der Waals surface area contributed by atoms with Gasteiger partial charge in [0, 0.05) is 30.9 Å². The predicted octanol–water partition coefficient (Wildman–Crippen LogP) is 2.40. The number of benzene rings is 1. The summed E-state index contributed by atoms with van der Waals surface area (Å²) in [6, 6.07) is 12.7. The summed E-state index contributed by atoms with van der Waals surface area (Å²) < 4.78 is 37.9. The number of nitrogens with zero attached hydrogens (tertiary/aromatic N) is 3. The summed E-state index contributed by atoms with van der Waals surface area (Å²) in [5.74, 6) is -3.65. The molecule has 0 aliphatic heterocycles. The summed E-state index contributed by atoms with van der Waals surface area (Å²) >= 11 is 0. The number of nitrogens with one attached hydrogen (secondary N) is 3. The Balaban J connectivity index is 0.000000821. The first-order chi connectivity index (χ1) is 20.3. The number of amides is 2. The SMILES string of the molecule is Cc1cn(C[C@H](NC(=O)OCc2ccccc2)C(=O)O)c(=O)nc1NCCC(=O)Nc1ccccn1.O=C(O)C(F)(F)F. The number of halogens is 3. The average molecular weight is 609 g/mol. The van der Waals surface area contributed by atoms with Gasteiger partial charge in [0.1, 0.15) is 24.3 Å². The van der Waals surface area contributed by atoms with Crippen LogP contribution in [0, 0.1) is 6.92 Å². The summed E-state index contributed by atoms with van der Waals surface area (Å²) in [6.07, 6.45) is -2.91. The molecule has 2 amide bonds. The summed E-state index contributed by atoms with van der Waals surface area (Å²) in [6.45, 7) is 1.51. The minimum absolute atomic E-state index is 0.0279. The fraction of sp³-hybridized carbons (Fsp3) is 0.269. The van der Waals surface area contributed by atoms with E-state index in [0.29, 0.717) is 11.4 Å². The number of carboxylic acids is 2. The van der Waals surface area contributed by atoms with Crippen LogP contribution < -0.4 is 21.6 Å². The van der Waals surface area contributed by atoms with Gasteiger partial charge in [-0.15, -0.1) is 0 Å². The third-order valence-corrected chi connectivity index (χ3v) is 5.18. The molecule has 14 nitrogen and oxygen atoms in total. The molecule has 0 saturated carbocycles. The third kappa shape index (κ3) is 12.3. The Morgan fingerprint density at radius 2 is 1.70 bits per heavy atom. The van der Waals surface area contributed by atoms with Crippen molar-refractivity contribution < 1.29 is 47.3 Å². The topological polar surface area (TPSA) is 202 Å². The van der Waals surface area contributed by atoms with Crippen molar-refractivity contribution in [3.05, 3.63) is 82.5 Å². The van der Waals surface area contributed by atoms with Crippen molar-refractivity contribution >= 4 is 35.6 Å². The molecule has 0 aliphatic carbocycles. The van der Waals surface area contributed by atoms with Crippen molar-refractivity contribution in [1.29, 1.82) is 0 Å². The van der Waals surface area contributed by atoms with E-state index >= 15 is 0 Å². The van der Waals surface area contributed by atoms with Crippen LogP contribution in [0.4, 0.5) is 29.6 Å². The zero-order valence-corrected chi connectivity index (χ0v) is 22.5. The van der Waals surface area contributed by atoms with Gasteiger partial charge < -0.3 is 30.9 Å². The molecule has 0 saturated heterocycles. The first-order valence-corrected chi connectivity index (χ1v) is 12.3. The Bertz CT molecular complexity index is 1450. The van der Waals surface area contributed by atoms with Crippen LogP contribution in [-0.4, -0.2) is 67.5 Å². The Morgan fingerprint density at radius 3 is 2.28 bits per heavy atom. The highest BCUT2D eigenvalue weighted by atomic mass is 19.4. The van der Waals surface area contributed by atoms with Gasteiger partial charge in [0.05, 0.1) is 6.54 Å². The van der Waals surface area contributed by atoms with Gasteiger partial charge in [0.2, 0.25) is 5.91 Å². The van der Waals surface area contributed by atoms with Crippen molar-refractivity contribution in [1.82, 2.24) is 19.9 Å². The van der Waals surface area contributed by atoms with Crippen LogP contribution in [0.2, 0.25) is 0 Å². The molecule has 0 aliphatic rings. The summed E-state index contributed by atoms with van der Waals surface area (Å²) in [4.78, 5) is 65.1. The lowest BCUT2D eigenvalue weighted by Gasteiger charge is -2.17. The molecule has 17 heteroatoms. The predicted molar refractivity (Wildman–Crippen MR) is 144 cm³/mol. The Labute approximate surface area is 241 Å². The smallest absolute Gasteiger partial charge is 0.480 e. The largest absolute Gasteiger partial charge is 0.490 e. The number of alkyl carbamates (subject to hydrolysis) is 1. The van der Waals surface area contributed by atoms with Crippen molar-refractivity contribution in [3.8, 4) is 0 Å². The second-order valence-corrected chi connectivity index (χ2v) is 8.55. The van der Waals surface area contributed by atoms with E-state index in [4.69, 9.17) is 14.6 Å². The average Bonchev–Trinajstić information content (AvgIpc) is 2.94. The number of aryl methyl sites for hydroxylation is 1. The van der Waals surface area contributed by atoms with Gasteiger partial charge in [-0.3, -0.25) is 9.36 Å². The number of aliphatic carboxylic acids is 2. The van der Waals surface area contributed by atoms with E-state index < -0.39 is 35.9 Å². The first kappa shape index (κ1) is 33.7. The first-order valence-electron chi connectivity index (χ1n) is 12.3. The van der Waals surface area contributed by atoms with E-state index in [1.807, 2.05) is 6.07 Å². The number of hydrogen-bond acceptors (Lipinski definition) is 9. The molecule has 43 heavy (non-hydrogen) atoms. The molecule has 3 rings (SSSR count). The number of rotatable bonds is 11. The van der Waals surface area contributed by atoms with Crippen molar-refractivity contribution in [2.45, 2.75) is 38.7 Å². The normalized spacial score (nSPS) is 11.3. The third-order valence-electron chi connectivity index (χ3n) is 5.18. The van der Waals surface area contributed by atoms with Gasteiger partial charge >= 0.3 is 29.9 Å². The molecule has 0 bridgehead atoms. The number of carbonyl (C=O) groups excluding carboxylic acids is 2. The molecular weight excluding hydrogens is 581 g/mol. The number of anilines is 2. The zero-order valence-electron chi connectivity index (χ0n) is 22.5. The van der Waals surface area contributed by atoms with E-state index in [-0.39, 0.29) is 37.8 Å². The Hall–Kier alpha value is -5.48. The van der Waals surface area contributed by atoms with E-state index in [0.717, 1.165) is 10.1 Å². The van der Waals surface area contributed by atoms with Crippen molar-refractivity contribution in [2.75, 3.05) is 17.2 Å². The molecular formula is C26H27F3N6O8. The van der Waals surface area contributed by atoms with Crippen molar-refractivity contribution in [2.24, 2.45) is 0 Å². The van der Waals surface area contributed by atoms with Crippen LogP contribution in [-0.2, 0) is 32.3 Å². The van der Waals surface area contributed by atoms with Crippen molar-refractivity contribution in [3.63, 3.8) is 0 Å². The quantitative estimate of drug-likeness (QED) is 0.214. The minimum atomic E-state index is -5.08. The van der Waals surface area contributed by atoms with E-state index in [2.05, 4.69) is 25.9 Å². The van der Waals surface area contributed by atoms with Crippen LogP contribution in [0.25, 0.3) is 0 Å². The molecule has 0 radical (unpaired) electrons. The zero-order chi connectivity index (χ0) is 32.0. The molecule has 0 spiro atoms. The number of ether oxygens (including phenoxy) is 1. The number of carbonyl (C=O) groups is 4. The monoisotopic (exact) mass is 608 g/mol. The van der Waals surface area contributed by atoms with Crippen LogP contribution in [0.3, 0.4) is 0 Å². The van der Waals surface area contributed by atoms with E-state index in [1.165, 1.54) is 6.20 Å². The van der Waals surface area contributed by atoms with Gasteiger partial charge in [-0.25, -0.2) is 24.2 Å². The standard InChI is InChI=1S/C24H26N6O6.C2HF3O2/c1-16-13-30(14-18(22(32)33)27-24(35)36-15-17-7-3-2-4-8-17)23(34)29-21(16)26-12-10-20(31)28-19-9-5-6-11-25-19;3-2(4,5)1(6)7/h2-9,11,13,18H,10,12,14-15H2,1H3,(H,27,35)(H,32,33)(H,25,28,31)(H,26,29,34);(H,6,7)/t18-;/m0./s1. The summed E-state index contributed by atoms with van der Waals surface area (Å²) in [7, 11) is 0. The van der Waals surface area contributed by atoms with Crippen LogP contribution in [0.1, 0.15) is 17.5 Å². The summed E-state index contributed by atoms with van der Waals surface area (Å²) in [5.41, 5.74) is 0.579. The molecule has 1 aromatic carbocycles. The van der Waals surface area contributed by atoms with E-state index in [9.17, 15) is 37.5 Å². The maximum absolute atomic E-state index is 12.5. The van der Waals surface area contributed by atoms with Gasteiger partial charge in [-0.05, 0) is 24.6 Å². The van der Waals surface area contributed by atoms with Crippen LogP contribution in [0.5, 0.6) is 0 Å². The van der Waals surface area contributed by atoms with Gasteiger partial charge in [-0.2, -0.15) is 18.2 Å². The fourth-order valence-electron chi connectivity index (χ4n) is 3.13. The minimum Gasteiger partial charge on any atom is -0.480 e. The van der Waals surface area contributed by atoms with Crippen LogP contribution in [0.15, 0.2) is 65.7 Å². The lowest BCUT2D eigenvalue weighted by Crippen LogP contribution is -2.45. The van der Waals surface area contributed by atoms with Gasteiger partial charge in [0.25, 0.3) is 0 Å². The molecule has 5 N–H and O–H groups in total. The highest BCUT2D eigenvalue weighted by Gasteiger charge is 2.38. The second-order valence-electron chi connectivity index (χ2n) is 8.55. The highest BCUT2D eigenvalue weighted by molar-refractivity contribution is 5.90. The van der Waals surface area contributed by atoms with Crippen LogP contribution >= 0.6 is 0 Å². The lowest BCUT2D eigenvalue weighted by molar-refractivity contribution is -0.192. The number of carboxylic acid groups (broad SMARTS) is 2. The van der Waals surface area contributed by atoms with Gasteiger partial charge in [-0.1, -0.05) is 36.4 Å². The summed E-state index contributed by atoms with van der Waals surface area (Å²) in [5, 5.41) is 24.5. The number of alkyl halides is 3. The second kappa shape index (κ2) is 16.1. The molecule has 0 fully saturated rings. The maximum atomic E-state index is 12.5. The molecule has 0 unspecified atom stereocenters. The Morgan fingerprint density at radius 1 is 1.05 bits per heavy atom. The molecule has 3 aromatic rings. The molecule has 230 valence electrons. The number of pyridine rings is 1. The maximum Gasteiger partial charge on any atom is 0.490 e. The Kier molecular flexibility index (Phi) is 12.6. The number of hydrogen-bond donors (Lipinski definition) is 5. The fourth-order valence-corrected chi connectivity index (χ4v) is 3.13. The lowest BCUT2D eigenvalue weighted by atomic mass is 10.2.